The number of carboxylic acids is 1. The van der Waals surface area contributed by atoms with Crippen LogP contribution in [0.15, 0.2) is 91.4 Å². The van der Waals surface area contributed by atoms with Crippen molar-refractivity contribution in [3.05, 3.63) is 108 Å². The molecule has 0 saturated carbocycles. The second-order valence-electron chi connectivity index (χ2n) is 10.8. The van der Waals surface area contributed by atoms with Gasteiger partial charge in [-0.2, -0.15) is 0 Å². The molecule has 43 heavy (non-hydrogen) atoms. The summed E-state index contributed by atoms with van der Waals surface area (Å²) in [6.45, 7) is 0. The first-order valence-electron chi connectivity index (χ1n) is 14.1. The number of hydrogen-bond acceptors (Lipinski definition) is 4. The Morgan fingerprint density at radius 2 is 1.00 bits per heavy atom. The van der Waals surface area contributed by atoms with E-state index in [-0.39, 0.29) is 19.3 Å². The van der Waals surface area contributed by atoms with Gasteiger partial charge in [-0.3, -0.25) is 9.59 Å². The van der Waals surface area contributed by atoms with E-state index >= 15 is 0 Å². The Morgan fingerprint density at radius 1 is 0.605 bits per heavy atom. The van der Waals surface area contributed by atoms with Crippen molar-refractivity contribution >= 4 is 50.5 Å². The van der Waals surface area contributed by atoms with Gasteiger partial charge in [0, 0.05) is 64.1 Å². The second kappa shape index (κ2) is 11.9. The molecular formula is C33H32N6O4. The fraction of sp³-hybridized carbons (Fsp3) is 0.182. The molecule has 2 amide bonds. The van der Waals surface area contributed by atoms with E-state index in [2.05, 4.69) is 25.6 Å². The minimum absolute atomic E-state index is 0.0684. The van der Waals surface area contributed by atoms with Gasteiger partial charge < -0.3 is 36.4 Å². The number of nitrogens with one attached hydrogen (secondary N) is 5. The average molecular weight is 577 g/mol. The highest BCUT2D eigenvalue weighted by Crippen LogP contribution is 2.22. The Kier molecular flexibility index (Phi) is 7.67. The molecule has 0 unspecified atom stereocenters. The van der Waals surface area contributed by atoms with E-state index < -0.39 is 35.9 Å². The molecule has 3 atom stereocenters. The zero-order valence-electron chi connectivity index (χ0n) is 23.3. The number of carboxylic acid groups (broad SMARTS) is 1. The molecule has 3 aromatic heterocycles. The summed E-state index contributed by atoms with van der Waals surface area (Å²) in [7, 11) is 0. The molecule has 0 aliphatic heterocycles. The van der Waals surface area contributed by atoms with Crippen molar-refractivity contribution in [2.45, 2.75) is 37.4 Å². The van der Waals surface area contributed by atoms with Crippen LogP contribution in [0.25, 0.3) is 32.7 Å². The molecule has 6 aromatic rings. The highest BCUT2D eigenvalue weighted by molar-refractivity contribution is 5.94. The lowest BCUT2D eigenvalue weighted by Gasteiger charge is -2.23. The smallest absolute Gasteiger partial charge is 0.326 e. The van der Waals surface area contributed by atoms with E-state index in [0.29, 0.717) is 0 Å². The van der Waals surface area contributed by atoms with Gasteiger partial charge in [-0.1, -0.05) is 54.6 Å². The number of para-hydroxylation sites is 3. The zero-order chi connectivity index (χ0) is 29.9. The number of aromatic amines is 3. The van der Waals surface area contributed by atoms with Gasteiger partial charge in [0.05, 0.1) is 6.04 Å². The maximum Gasteiger partial charge on any atom is 0.326 e. The van der Waals surface area contributed by atoms with Crippen LogP contribution in [0.5, 0.6) is 0 Å². The van der Waals surface area contributed by atoms with Crippen LogP contribution >= 0.6 is 0 Å². The van der Waals surface area contributed by atoms with Crippen molar-refractivity contribution in [3.63, 3.8) is 0 Å². The minimum Gasteiger partial charge on any atom is -0.480 e. The van der Waals surface area contributed by atoms with Gasteiger partial charge in [0.25, 0.3) is 0 Å². The van der Waals surface area contributed by atoms with Gasteiger partial charge in [-0.15, -0.1) is 0 Å². The standard InChI is InChI=1S/C33H32N6O4/c34-25(13-19-16-35-26-10-4-1-7-22(19)26)31(40)38-29(14-20-17-36-27-11-5-2-8-23(20)27)32(41)39-30(33(42)43)15-21-18-37-28-12-6-3-9-24(21)28/h1-12,16-18,25,29-30,35-37H,13-15,34H2,(H,38,40)(H,39,41)(H,42,43)/t25-,29+,30-/m0/s1. The lowest BCUT2D eigenvalue weighted by Crippen LogP contribution is -2.55. The van der Waals surface area contributed by atoms with Crippen molar-refractivity contribution < 1.29 is 19.5 Å². The summed E-state index contributed by atoms with van der Waals surface area (Å²) in [6, 6.07) is 19.7. The van der Waals surface area contributed by atoms with Crippen LogP contribution in [-0.2, 0) is 33.6 Å². The lowest BCUT2D eigenvalue weighted by atomic mass is 10.0. The number of H-pyrrole nitrogens is 3. The van der Waals surface area contributed by atoms with Gasteiger partial charge in [-0.05, 0) is 41.3 Å². The van der Waals surface area contributed by atoms with E-state index in [1.807, 2.05) is 79.0 Å². The summed E-state index contributed by atoms with van der Waals surface area (Å²) in [5, 5.41) is 18.3. The second-order valence-corrected chi connectivity index (χ2v) is 10.8. The van der Waals surface area contributed by atoms with Crippen molar-refractivity contribution in [3.8, 4) is 0 Å². The maximum atomic E-state index is 13.7. The SMILES string of the molecule is N[C@@H](Cc1c[nH]c2ccccc12)C(=O)N[C@H](Cc1c[nH]c2ccccc12)C(=O)N[C@@H](Cc1c[nH]c2ccccc12)C(=O)O. The number of aliphatic carboxylic acids is 1. The first-order chi connectivity index (χ1) is 20.9. The Bertz CT molecular complexity index is 1940. The highest BCUT2D eigenvalue weighted by Gasteiger charge is 2.30. The Hall–Kier alpha value is -5.35. The Morgan fingerprint density at radius 3 is 1.47 bits per heavy atom. The molecule has 10 heteroatoms. The van der Waals surface area contributed by atoms with Crippen LogP contribution < -0.4 is 16.4 Å². The molecule has 0 saturated heterocycles. The fourth-order valence-electron chi connectivity index (χ4n) is 5.63. The van der Waals surface area contributed by atoms with E-state index in [1.165, 1.54) is 0 Å². The van der Waals surface area contributed by atoms with E-state index in [9.17, 15) is 19.5 Å². The fourth-order valence-corrected chi connectivity index (χ4v) is 5.63. The Balaban J connectivity index is 1.22. The third-order valence-corrected chi connectivity index (χ3v) is 7.90. The first-order valence-corrected chi connectivity index (χ1v) is 14.1. The van der Waals surface area contributed by atoms with Crippen molar-refractivity contribution in [1.29, 1.82) is 0 Å². The maximum absolute atomic E-state index is 13.7. The predicted octanol–water partition coefficient (Wildman–Crippen LogP) is 3.54. The molecule has 0 radical (unpaired) electrons. The van der Waals surface area contributed by atoms with Crippen LogP contribution in [0.1, 0.15) is 16.7 Å². The molecule has 3 aromatic carbocycles. The Labute approximate surface area is 246 Å². The highest BCUT2D eigenvalue weighted by atomic mass is 16.4. The van der Waals surface area contributed by atoms with Crippen molar-refractivity contribution in [2.75, 3.05) is 0 Å². The lowest BCUT2D eigenvalue weighted by molar-refractivity contribution is -0.142. The van der Waals surface area contributed by atoms with Gasteiger partial charge in [-0.25, -0.2) is 4.79 Å². The summed E-state index contributed by atoms with van der Waals surface area (Å²) >= 11 is 0. The van der Waals surface area contributed by atoms with Crippen LogP contribution in [0.2, 0.25) is 0 Å². The molecule has 0 bridgehead atoms. The summed E-state index contributed by atoms with van der Waals surface area (Å²) < 4.78 is 0. The molecule has 0 fully saturated rings. The van der Waals surface area contributed by atoms with Gasteiger partial charge in [0.2, 0.25) is 11.8 Å². The number of carbonyl (C=O) groups excluding carboxylic acids is 2. The van der Waals surface area contributed by atoms with Crippen molar-refractivity contribution in [1.82, 2.24) is 25.6 Å². The molecule has 0 aliphatic rings. The molecule has 6 rings (SSSR count). The summed E-state index contributed by atoms with van der Waals surface area (Å²) in [5.74, 6) is -2.29. The number of benzene rings is 3. The first kappa shape index (κ1) is 27.8. The van der Waals surface area contributed by atoms with Crippen LogP contribution in [0.4, 0.5) is 0 Å². The summed E-state index contributed by atoms with van der Waals surface area (Å²) in [4.78, 5) is 48.9. The quantitative estimate of drug-likeness (QED) is 0.125. The molecule has 10 nitrogen and oxygen atoms in total. The predicted molar refractivity (Wildman–Crippen MR) is 165 cm³/mol. The largest absolute Gasteiger partial charge is 0.480 e. The van der Waals surface area contributed by atoms with E-state index in [1.54, 1.807) is 12.4 Å². The average Bonchev–Trinajstić information content (AvgIpc) is 3.74. The van der Waals surface area contributed by atoms with Gasteiger partial charge in [0.1, 0.15) is 12.1 Å². The summed E-state index contributed by atoms with van der Waals surface area (Å²) in [5.41, 5.74) is 11.5. The van der Waals surface area contributed by atoms with Crippen LogP contribution in [0.3, 0.4) is 0 Å². The molecule has 0 spiro atoms. The number of rotatable bonds is 11. The molecule has 3 heterocycles. The summed E-state index contributed by atoms with van der Waals surface area (Å²) in [6.07, 6.45) is 5.84. The molecule has 0 aliphatic carbocycles. The van der Waals surface area contributed by atoms with Gasteiger partial charge in [0.15, 0.2) is 0 Å². The van der Waals surface area contributed by atoms with E-state index in [4.69, 9.17) is 5.73 Å². The number of fused-ring (bicyclic) bond motifs is 3. The number of hydrogen-bond donors (Lipinski definition) is 7. The van der Waals surface area contributed by atoms with Crippen molar-refractivity contribution in [2.24, 2.45) is 5.73 Å². The third kappa shape index (κ3) is 5.86. The van der Waals surface area contributed by atoms with E-state index in [0.717, 1.165) is 49.4 Å². The zero-order valence-corrected chi connectivity index (χ0v) is 23.3. The number of amides is 2. The van der Waals surface area contributed by atoms with Crippen LogP contribution in [0, 0.1) is 0 Å². The number of aromatic nitrogens is 3. The molecule has 218 valence electrons. The monoisotopic (exact) mass is 576 g/mol. The third-order valence-electron chi connectivity index (χ3n) is 7.90. The topological polar surface area (TPSA) is 169 Å². The number of nitrogens with two attached hydrogens (primary N) is 1. The molecule has 8 N–H and O–H groups in total. The normalized spacial score (nSPS) is 13.6. The minimum atomic E-state index is -1.21. The molecular weight excluding hydrogens is 544 g/mol. The van der Waals surface area contributed by atoms with Crippen LogP contribution in [-0.4, -0.2) is 56.0 Å². The number of carbonyl (C=O) groups is 3. The van der Waals surface area contributed by atoms with Gasteiger partial charge >= 0.3 is 5.97 Å².